The largest absolute Gasteiger partial charge is 0.379 e. The quantitative estimate of drug-likeness (QED) is 0.813. The molecule has 4 nitrogen and oxygen atoms in total. The Balaban J connectivity index is 1.60. The number of amides is 1. The first-order chi connectivity index (χ1) is 12.9. The molecule has 7 heteroatoms. The van der Waals surface area contributed by atoms with E-state index in [1.54, 1.807) is 12.1 Å². The van der Waals surface area contributed by atoms with Gasteiger partial charge in [0.1, 0.15) is 5.82 Å². The van der Waals surface area contributed by atoms with Crippen molar-refractivity contribution in [2.24, 2.45) is 0 Å². The van der Waals surface area contributed by atoms with Crippen LogP contribution in [0.25, 0.3) is 0 Å². The lowest BCUT2D eigenvalue weighted by molar-refractivity contribution is -0.157. The van der Waals surface area contributed by atoms with Gasteiger partial charge in [0.05, 0.1) is 0 Å². The Hall–Kier alpha value is -2.38. The van der Waals surface area contributed by atoms with Gasteiger partial charge in [-0.2, -0.15) is 0 Å². The first-order valence-electron chi connectivity index (χ1n) is 8.78. The molecule has 1 saturated heterocycles. The van der Waals surface area contributed by atoms with Crippen molar-refractivity contribution in [2.75, 3.05) is 13.1 Å². The van der Waals surface area contributed by atoms with Crippen molar-refractivity contribution in [3.8, 4) is 0 Å². The molecule has 1 aliphatic rings. The van der Waals surface area contributed by atoms with E-state index in [0.29, 0.717) is 31.5 Å². The monoisotopic (exact) mass is 378 g/mol. The number of halogens is 3. The number of hydrogen-bond donors (Lipinski definition) is 2. The van der Waals surface area contributed by atoms with E-state index >= 15 is 0 Å². The second kappa shape index (κ2) is 8.10. The summed E-state index contributed by atoms with van der Waals surface area (Å²) in [6.45, 7) is 0.991. The zero-order chi connectivity index (χ0) is 19.4. The smallest absolute Gasteiger partial charge is 0.256 e. The van der Waals surface area contributed by atoms with E-state index in [0.717, 1.165) is 17.7 Å². The number of rotatable bonds is 6. The van der Waals surface area contributed by atoms with Crippen LogP contribution in [0.2, 0.25) is 0 Å². The molecule has 2 aromatic carbocycles. The minimum Gasteiger partial charge on any atom is -0.379 e. The van der Waals surface area contributed by atoms with Gasteiger partial charge in [0.25, 0.3) is 5.91 Å². The van der Waals surface area contributed by atoms with E-state index in [1.807, 2.05) is 0 Å². The molecule has 3 rings (SSSR count). The summed E-state index contributed by atoms with van der Waals surface area (Å²) in [5.74, 6) is -2.67. The van der Waals surface area contributed by atoms with E-state index in [-0.39, 0.29) is 18.9 Å². The van der Waals surface area contributed by atoms with Gasteiger partial charge in [-0.3, -0.25) is 4.79 Å². The van der Waals surface area contributed by atoms with Crippen LogP contribution in [0.15, 0.2) is 42.5 Å². The maximum atomic E-state index is 13.4. The fourth-order valence-electron chi connectivity index (χ4n) is 3.25. The molecule has 0 saturated carbocycles. The normalized spacial score (nSPS) is 20.1. The van der Waals surface area contributed by atoms with Gasteiger partial charge in [-0.25, -0.2) is 13.2 Å². The number of likely N-dealkylation sites (tertiary alicyclic amines) is 1. The van der Waals surface area contributed by atoms with Crippen LogP contribution in [-0.4, -0.2) is 34.6 Å². The molecule has 1 atom stereocenters. The lowest BCUT2D eigenvalue weighted by Crippen LogP contribution is -2.57. The predicted molar refractivity (Wildman–Crippen MR) is 94.1 cm³/mol. The van der Waals surface area contributed by atoms with E-state index < -0.39 is 23.1 Å². The van der Waals surface area contributed by atoms with Gasteiger partial charge in [0.15, 0.2) is 17.2 Å². The molecule has 1 heterocycles. The standard InChI is InChI=1S/C20H21F3N2O2/c21-16-5-2-14(3-6-16)11-24-13-20(27)8-1-9-25(19(20)26)12-15-4-7-17(22)18(23)10-15/h2-7,10,24,27H,1,8-9,11-13H2/t20-/m1/s1. The molecule has 1 amide bonds. The number of nitrogens with one attached hydrogen (secondary N) is 1. The molecule has 0 unspecified atom stereocenters. The van der Waals surface area contributed by atoms with Crippen molar-refractivity contribution in [1.29, 1.82) is 0 Å². The Morgan fingerprint density at radius 3 is 2.44 bits per heavy atom. The maximum absolute atomic E-state index is 13.4. The molecular weight excluding hydrogens is 357 g/mol. The van der Waals surface area contributed by atoms with E-state index in [2.05, 4.69) is 5.32 Å². The van der Waals surface area contributed by atoms with Crippen molar-refractivity contribution in [3.05, 3.63) is 71.0 Å². The van der Waals surface area contributed by atoms with Crippen LogP contribution in [0.1, 0.15) is 24.0 Å². The van der Waals surface area contributed by atoms with E-state index in [4.69, 9.17) is 0 Å². The summed E-state index contributed by atoms with van der Waals surface area (Å²) >= 11 is 0. The highest BCUT2D eigenvalue weighted by Crippen LogP contribution is 2.24. The van der Waals surface area contributed by atoms with E-state index in [9.17, 15) is 23.1 Å². The predicted octanol–water partition coefficient (Wildman–Crippen LogP) is 2.75. The minimum absolute atomic E-state index is 0.0531. The maximum Gasteiger partial charge on any atom is 0.256 e. The summed E-state index contributed by atoms with van der Waals surface area (Å²) in [6, 6.07) is 9.46. The van der Waals surface area contributed by atoms with Gasteiger partial charge >= 0.3 is 0 Å². The van der Waals surface area contributed by atoms with Crippen molar-refractivity contribution >= 4 is 5.91 Å². The third-order valence-electron chi connectivity index (χ3n) is 4.72. The van der Waals surface area contributed by atoms with Crippen molar-refractivity contribution in [1.82, 2.24) is 10.2 Å². The third kappa shape index (κ3) is 4.67. The molecular formula is C20H21F3N2O2. The Labute approximate surface area is 155 Å². The van der Waals surface area contributed by atoms with Gasteiger partial charge < -0.3 is 15.3 Å². The summed E-state index contributed by atoms with van der Waals surface area (Å²) in [6.07, 6.45) is 0.917. The fourth-order valence-corrected chi connectivity index (χ4v) is 3.25. The Morgan fingerprint density at radius 1 is 1.04 bits per heavy atom. The van der Waals surface area contributed by atoms with Crippen LogP contribution in [0.4, 0.5) is 13.2 Å². The summed E-state index contributed by atoms with van der Waals surface area (Å²) < 4.78 is 39.4. The molecule has 2 aromatic rings. The molecule has 0 aliphatic carbocycles. The molecule has 1 aliphatic heterocycles. The number of carbonyl (C=O) groups is 1. The Bertz CT molecular complexity index is 813. The number of hydrogen-bond acceptors (Lipinski definition) is 3. The number of aliphatic hydroxyl groups is 1. The van der Waals surface area contributed by atoms with Crippen molar-refractivity contribution in [3.63, 3.8) is 0 Å². The van der Waals surface area contributed by atoms with Crippen LogP contribution >= 0.6 is 0 Å². The number of benzene rings is 2. The lowest BCUT2D eigenvalue weighted by Gasteiger charge is -2.38. The number of carbonyl (C=O) groups excluding carboxylic acids is 1. The highest BCUT2D eigenvalue weighted by atomic mass is 19.2. The van der Waals surface area contributed by atoms with Crippen LogP contribution in [-0.2, 0) is 17.9 Å². The molecule has 27 heavy (non-hydrogen) atoms. The van der Waals surface area contributed by atoms with Gasteiger partial charge in [0, 0.05) is 26.2 Å². The molecule has 2 N–H and O–H groups in total. The molecule has 0 radical (unpaired) electrons. The van der Waals surface area contributed by atoms with Gasteiger partial charge in [-0.1, -0.05) is 18.2 Å². The molecule has 0 bridgehead atoms. The molecule has 144 valence electrons. The average molecular weight is 378 g/mol. The third-order valence-corrected chi connectivity index (χ3v) is 4.72. The number of piperidine rings is 1. The molecule has 1 fully saturated rings. The van der Waals surface area contributed by atoms with Crippen molar-refractivity contribution in [2.45, 2.75) is 31.5 Å². The average Bonchev–Trinajstić information content (AvgIpc) is 2.64. The first-order valence-corrected chi connectivity index (χ1v) is 8.78. The van der Waals surface area contributed by atoms with Crippen molar-refractivity contribution < 1.29 is 23.1 Å². The van der Waals surface area contributed by atoms with Crippen LogP contribution in [0.5, 0.6) is 0 Å². The summed E-state index contributed by atoms with van der Waals surface area (Å²) in [4.78, 5) is 14.2. The van der Waals surface area contributed by atoms with Gasteiger partial charge in [-0.15, -0.1) is 0 Å². The zero-order valence-corrected chi connectivity index (χ0v) is 14.7. The van der Waals surface area contributed by atoms with Gasteiger partial charge in [0.2, 0.25) is 0 Å². The Morgan fingerprint density at radius 2 is 1.74 bits per heavy atom. The highest BCUT2D eigenvalue weighted by molar-refractivity contribution is 5.86. The number of nitrogens with zero attached hydrogens (tertiary/aromatic N) is 1. The summed E-state index contributed by atoms with van der Waals surface area (Å²) in [5.41, 5.74) is -0.260. The summed E-state index contributed by atoms with van der Waals surface area (Å²) in [5, 5.41) is 13.8. The summed E-state index contributed by atoms with van der Waals surface area (Å²) in [7, 11) is 0. The topological polar surface area (TPSA) is 52.6 Å². The molecule has 0 aromatic heterocycles. The SMILES string of the molecule is O=C1N(Cc2ccc(F)c(F)c2)CCC[C@@]1(O)CNCc1ccc(F)cc1. The first kappa shape index (κ1) is 19.4. The highest BCUT2D eigenvalue weighted by Gasteiger charge is 2.41. The second-order valence-corrected chi connectivity index (χ2v) is 6.84. The Kier molecular flexibility index (Phi) is 5.82. The zero-order valence-electron chi connectivity index (χ0n) is 14.7. The van der Waals surface area contributed by atoms with Crippen LogP contribution < -0.4 is 5.32 Å². The molecule has 0 spiro atoms. The van der Waals surface area contributed by atoms with Gasteiger partial charge in [-0.05, 0) is 48.2 Å². The lowest BCUT2D eigenvalue weighted by atomic mass is 9.91. The van der Waals surface area contributed by atoms with Crippen LogP contribution in [0.3, 0.4) is 0 Å². The second-order valence-electron chi connectivity index (χ2n) is 6.84. The van der Waals surface area contributed by atoms with E-state index in [1.165, 1.54) is 23.1 Å². The van der Waals surface area contributed by atoms with Crippen LogP contribution in [0, 0.1) is 17.5 Å². The fraction of sp³-hybridized carbons (Fsp3) is 0.350. The minimum atomic E-state index is -1.56.